The molecule has 0 N–H and O–H groups in total. The van der Waals surface area contributed by atoms with Gasteiger partial charge in [0.2, 0.25) is 5.91 Å². The molecule has 0 aliphatic carbocycles. The minimum absolute atomic E-state index is 0.179. The maximum atomic E-state index is 12.0. The van der Waals surface area contributed by atoms with Gasteiger partial charge in [-0.15, -0.1) is 0 Å². The molecule has 22 heavy (non-hydrogen) atoms. The average molecular weight is 316 g/mol. The zero-order chi connectivity index (χ0) is 15.7. The number of nitrogens with zero attached hydrogens (tertiary/aromatic N) is 2. The van der Waals surface area contributed by atoms with Gasteiger partial charge in [-0.2, -0.15) is 0 Å². The second kappa shape index (κ2) is 5.96. The predicted octanol–water partition coefficient (Wildman–Crippen LogP) is 2.92. The molecule has 5 nitrogen and oxygen atoms in total. The summed E-state index contributed by atoms with van der Waals surface area (Å²) in [4.78, 5) is 29.2. The van der Waals surface area contributed by atoms with Crippen LogP contribution >= 0.6 is 11.8 Å². The molecular weight excluding hydrogens is 300 g/mol. The first-order chi connectivity index (χ1) is 10.6. The van der Waals surface area contributed by atoms with Crippen LogP contribution in [0.15, 0.2) is 29.3 Å². The summed E-state index contributed by atoms with van der Waals surface area (Å²) in [6.07, 6.45) is -0.552. The summed E-state index contributed by atoms with van der Waals surface area (Å²) < 4.78 is 4.77. The number of thioether (sulfide) groups is 1. The lowest BCUT2D eigenvalue weighted by Gasteiger charge is -2.11. The number of imide groups is 1. The number of hydrogen-bond acceptors (Lipinski definition) is 5. The highest BCUT2D eigenvalue weighted by molar-refractivity contribution is 7.99. The van der Waals surface area contributed by atoms with Gasteiger partial charge in [-0.3, -0.25) is 4.79 Å². The fourth-order valence-electron chi connectivity index (χ4n) is 2.44. The molecule has 1 fully saturated rings. The highest BCUT2D eigenvalue weighted by Gasteiger charge is 2.28. The number of aromatic nitrogens is 1. The Hall–Kier alpha value is -2.08. The summed E-state index contributed by atoms with van der Waals surface area (Å²) in [7, 11) is 0. The number of para-hydroxylation sites is 1. The Labute approximate surface area is 132 Å². The van der Waals surface area contributed by atoms with Crippen LogP contribution in [0.4, 0.5) is 4.79 Å². The van der Waals surface area contributed by atoms with Crippen molar-refractivity contribution in [2.75, 3.05) is 18.9 Å². The number of pyridine rings is 1. The van der Waals surface area contributed by atoms with Crippen LogP contribution in [0.5, 0.6) is 0 Å². The minimum Gasteiger partial charge on any atom is -0.447 e. The Morgan fingerprint density at radius 3 is 2.91 bits per heavy atom. The number of fused-ring (bicyclic) bond motifs is 1. The second-order valence-electron chi connectivity index (χ2n) is 5.20. The van der Waals surface area contributed by atoms with Crippen LogP contribution in [0.25, 0.3) is 10.9 Å². The van der Waals surface area contributed by atoms with Crippen molar-refractivity contribution in [1.82, 2.24) is 9.88 Å². The van der Waals surface area contributed by atoms with E-state index in [1.54, 1.807) is 0 Å². The number of hydrogen-bond donors (Lipinski definition) is 0. The summed E-state index contributed by atoms with van der Waals surface area (Å²) in [5.41, 5.74) is 3.19. The normalized spacial score (nSPS) is 14.5. The number of rotatable bonds is 3. The van der Waals surface area contributed by atoms with Crippen molar-refractivity contribution in [3.63, 3.8) is 0 Å². The molecule has 1 aliphatic rings. The number of benzene rings is 1. The summed E-state index contributed by atoms with van der Waals surface area (Å²) >= 11 is 1.35. The van der Waals surface area contributed by atoms with Crippen LogP contribution in [-0.2, 0) is 9.53 Å². The van der Waals surface area contributed by atoms with Crippen LogP contribution in [0.1, 0.15) is 11.1 Å². The molecule has 0 atom stereocenters. The third kappa shape index (κ3) is 2.78. The third-order valence-electron chi connectivity index (χ3n) is 3.63. The Bertz CT molecular complexity index is 760. The van der Waals surface area contributed by atoms with E-state index in [1.807, 2.05) is 38.1 Å². The van der Waals surface area contributed by atoms with Crippen LogP contribution in [0.3, 0.4) is 0 Å². The van der Waals surface area contributed by atoms with Crippen molar-refractivity contribution in [2.24, 2.45) is 0 Å². The molecule has 6 heteroatoms. The molecule has 2 amide bonds. The first-order valence-electron chi connectivity index (χ1n) is 7.03. The van der Waals surface area contributed by atoms with E-state index in [1.165, 1.54) is 11.8 Å². The summed E-state index contributed by atoms with van der Waals surface area (Å²) in [5.74, 6) is -0.0596. The van der Waals surface area contributed by atoms with Crippen molar-refractivity contribution in [1.29, 1.82) is 0 Å². The van der Waals surface area contributed by atoms with Gasteiger partial charge in [0.05, 0.1) is 22.8 Å². The highest BCUT2D eigenvalue weighted by Crippen LogP contribution is 2.26. The molecule has 114 valence electrons. The molecule has 1 aromatic carbocycles. The number of aryl methyl sites for hydroxylation is 2. The molecule has 1 aliphatic heterocycles. The molecule has 0 spiro atoms. The van der Waals surface area contributed by atoms with Gasteiger partial charge in [0.15, 0.2) is 0 Å². The minimum atomic E-state index is -0.552. The van der Waals surface area contributed by atoms with Crippen LogP contribution in [-0.4, -0.2) is 40.8 Å². The summed E-state index contributed by atoms with van der Waals surface area (Å²) in [6.45, 7) is 4.67. The third-order valence-corrected chi connectivity index (χ3v) is 4.53. The van der Waals surface area contributed by atoms with Crippen LogP contribution in [0.2, 0.25) is 0 Å². The maximum absolute atomic E-state index is 12.0. The van der Waals surface area contributed by atoms with Gasteiger partial charge in [0.1, 0.15) is 6.61 Å². The van der Waals surface area contributed by atoms with Gasteiger partial charge in [0.25, 0.3) is 0 Å². The fraction of sp³-hybridized carbons (Fsp3) is 0.312. The maximum Gasteiger partial charge on any atom is 0.416 e. The van der Waals surface area contributed by atoms with Gasteiger partial charge in [0, 0.05) is 5.39 Å². The number of cyclic esters (lactones) is 1. The van der Waals surface area contributed by atoms with Gasteiger partial charge < -0.3 is 4.74 Å². The molecular formula is C16H16N2O3S. The van der Waals surface area contributed by atoms with Gasteiger partial charge in [-0.1, -0.05) is 30.0 Å². The molecule has 0 radical (unpaired) electrons. The Kier molecular flexibility index (Phi) is 4.02. The number of carbonyl (C=O) groups excluding carboxylic acids is 2. The first kappa shape index (κ1) is 14.8. The van der Waals surface area contributed by atoms with Gasteiger partial charge in [-0.05, 0) is 31.0 Å². The molecule has 2 aromatic rings. The summed E-state index contributed by atoms with van der Waals surface area (Å²) in [6, 6.07) is 8.06. The monoisotopic (exact) mass is 316 g/mol. The fourth-order valence-corrected chi connectivity index (χ4v) is 3.28. The molecule has 1 saturated heterocycles. The Morgan fingerprint density at radius 1 is 1.36 bits per heavy atom. The van der Waals surface area contributed by atoms with Crippen molar-refractivity contribution < 1.29 is 14.3 Å². The van der Waals surface area contributed by atoms with E-state index in [2.05, 4.69) is 4.98 Å². The first-order valence-corrected chi connectivity index (χ1v) is 8.02. The number of ether oxygens (including phenoxy) is 1. The number of amides is 2. The highest BCUT2D eigenvalue weighted by atomic mass is 32.2. The quantitative estimate of drug-likeness (QED) is 0.815. The molecule has 0 bridgehead atoms. The van der Waals surface area contributed by atoms with E-state index in [0.29, 0.717) is 6.54 Å². The van der Waals surface area contributed by atoms with Crippen LogP contribution < -0.4 is 0 Å². The van der Waals surface area contributed by atoms with Crippen molar-refractivity contribution in [3.8, 4) is 0 Å². The number of carbonyl (C=O) groups is 2. The largest absolute Gasteiger partial charge is 0.447 e. The van der Waals surface area contributed by atoms with Crippen LogP contribution in [0, 0.1) is 13.8 Å². The molecule has 0 unspecified atom stereocenters. The lowest BCUT2D eigenvalue weighted by atomic mass is 10.1. The average Bonchev–Trinajstić information content (AvgIpc) is 2.92. The van der Waals surface area contributed by atoms with E-state index in [4.69, 9.17) is 4.74 Å². The zero-order valence-electron chi connectivity index (χ0n) is 12.5. The second-order valence-corrected chi connectivity index (χ2v) is 6.19. The molecule has 2 heterocycles. The molecule has 3 rings (SSSR count). The van der Waals surface area contributed by atoms with E-state index in [0.717, 1.165) is 32.0 Å². The molecule has 0 saturated carbocycles. The Morgan fingerprint density at radius 2 is 2.18 bits per heavy atom. The van der Waals surface area contributed by atoms with Gasteiger partial charge in [-0.25, -0.2) is 14.7 Å². The molecule has 1 aromatic heterocycles. The lowest BCUT2D eigenvalue weighted by molar-refractivity contribution is -0.125. The summed E-state index contributed by atoms with van der Waals surface area (Å²) in [5, 5.41) is 1.92. The predicted molar refractivity (Wildman–Crippen MR) is 85.0 cm³/mol. The topological polar surface area (TPSA) is 59.5 Å². The van der Waals surface area contributed by atoms with E-state index in [-0.39, 0.29) is 18.3 Å². The zero-order valence-corrected chi connectivity index (χ0v) is 13.3. The van der Waals surface area contributed by atoms with Crippen molar-refractivity contribution in [2.45, 2.75) is 18.9 Å². The van der Waals surface area contributed by atoms with Crippen molar-refractivity contribution >= 4 is 34.7 Å². The van der Waals surface area contributed by atoms with E-state index >= 15 is 0 Å². The van der Waals surface area contributed by atoms with Crippen molar-refractivity contribution in [3.05, 3.63) is 35.4 Å². The smallest absolute Gasteiger partial charge is 0.416 e. The van der Waals surface area contributed by atoms with E-state index < -0.39 is 6.09 Å². The van der Waals surface area contributed by atoms with E-state index in [9.17, 15) is 9.59 Å². The van der Waals surface area contributed by atoms with Gasteiger partial charge >= 0.3 is 6.09 Å². The lowest BCUT2D eigenvalue weighted by Crippen LogP contribution is -2.33. The standard InChI is InChI=1S/C16H16N2O3S/c1-10-4-3-5-12-11(2)8-13(17-15(10)12)22-9-14(19)18-6-7-21-16(18)20/h3-5,8H,6-7,9H2,1-2H3. The Balaban J connectivity index is 1.78. The SMILES string of the molecule is Cc1cc(SCC(=O)N2CCOC2=O)nc2c(C)cccc12.